The Kier molecular flexibility index (Phi) is 31.8. The van der Waals surface area contributed by atoms with E-state index in [4.69, 9.17) is 28.4 Å². The predicted octanol–water partition coefficient (Wildman–Crippen LogP) is 21.0. The maximum absolute atomic E-state index is 16.1. The Morgan fingerprint density at radius 1 is 0.323 bits per heavy atom. The number of nitrogens with zero attached hydrogens (tertiary/aromatic N) is 2. The van der Waals surface area contributed by atoms with Gasteiger partial charge in [0, 0.05) is 144 Å². The molecule has 0 saturated carbocycles. The van der Waals surface area contributed by atoms with E-state index in [2.05, 4.69) is 253 Å². The van der Waals surface area contributed by atoms with Gasteiger partial charge < -0.3 is 65.0 Å². The molecule has 3 aromatic rings. The highest BCUT2D eigenvalue weighted by molar-refractivity contribution is 6.01. The molecule has 6 aliphatic heterocycles. The quantitative estimate of drug-likeness (QED) is 0.0249. The minimum atomic E-state index is -1.94. The summed E-state index contributed by atoms with van der Waals surface area (Å²) in [6, 6.07) is 11.7. The summed E-state index contributed by atoms with van der Waals surface area (Å²) in [5, 5.41) is 49.0. The molecule has 7 N–H and O–H groups in total. The number of nitrogens with one attached hydrogen (secondary N) is 4. The predicted molar refractivity (Wildman–Crippen MR) is 523 cm³/mol. The van der Waals surface area contributed by atoms with Gasteiger partial charge in [-0.2, -0.15) is 0 Å². The summed E-state index contributed by atoms with van der Waals surface area (Å²) >= 11 is 0. The Labute approximate surface area is 785 Å². The molecule has 0 radical (unpaired) electrons. The summed E-state index contributed by atoms with van der Waals surface area (Å²) in [7, 11) is 4.24. The number of phenols is 3. The largest absolute Gasteiger partial charge is 0.507 e. The summed E-state index contributed by atoms with van der Waals surface area (Å²) in [4.78, 5) is 97.5. The van der Waals surface area contributed by atoms with E-state index in [1.54, 1.807) is 0 Å². The van der Waals surface area contributed by atoms with Crippen LogP contribution in [0.5, 0.6) is 17.2 Å². The van der Waals surface area contributed by atoms with Crippen LogP contribution in [0.25, 0.3) is 0 Å². The van der Waals surface area contributed by atoms with Crippen molar-refractivity contribution in [3.8, 4) is 17.2 Å². The lowest BCUT2D eigenvalue weighted by Crippen LogP contribution is -2.61. The first kappa shape index (κ1) is 109. The topological polar surface area (TPSA) is 273 Å². The number of hydrogen-bond acceptors (Lipinski definition) is 21. The third kappa shape index (κ3) is 27.5. The Bertz CT molecular complexity index is 4080. The molecular weight excluding hydrogens is 1630 g/mol. The molecule has 6 fully saturated rings. The second-order valence-electron chi connectivity index (χ2n) is 53.0. The van der Waals surface area contributed by atoms with Gasteiger partial charge in [0.1, 0.15) is 53.9 Å². The van der Waals surface area contributed by atoms with Crippen LogP contribution in [0, 0.1) is 30.6 Å². The van der Waals surface area contributed by atoms with Crippen molar-refractivity contribution < 1.29 is 72.5 Å². The highest BCUT2D eigenvalue weighted by Crippen LogP contribution is 2.50. The van der Waals surface area contributed by atoms with Crippen molar-refractivity contribution in [2.24, 2.45) is 16.7 Å². The second kappa shape index (κ2) is 38.0. The lowest BCUT2D eigenvalue weighted by molar-refractivity contribution is -0.186. The molecule has 0 spiro atoms. The van der Waals surface area contributed by atoms with Crippen LogP contribution in [-0.4, -0.2) is 178 Å². The van der Waals surface area contributed by atoms with Crippen molar-refractivity contribution in [1.82, 2.24) is 31.1 Å². The van der Waals surface area contributed by atoms with Crippen LogP contribution in [0.4, 0.5) is 0 Å². The molecule has 0 aliphatic carbocycles. The summed E-state index contributed by atoms with van der Waals surface area (Å²) in [6.45, 7) is 79.2. The first-order valence-corrected chi connectivity index (χ1v) is 48.9. The zero-order valence-electron chi connectivity index (χ0n) is 88.8. The van der Waals surface area contributed by atoms with Crippen molar-refractivity contribution in [3.63, 3.8) is 0 Å². The van der Waals surface area contributed by atoms with Gasteiger partial charge in [0.25, 0.3) is 0 Å². The summed E-state index contributed by atoms with van der Waals surface area (Å²) in [5.74, 6) is -4.29. The van der Waals surface area contributed by atoms with Crippen LogP contribution in [0.2, 0.25) is 0 Å². The fraction of sp³-hybridized carbons (Fsp3) is 0.780. The Hall–Kier alpha value is -6.36. The molecule has 6 saturated heterocycles. The lowest BCUT2D eigenvalue weighted by atomic mass is 9.72. The Morgan fingerprint density at radius 2 is 0.531 bits per heavy atom. The van der Waals surface area contributed by atoms with E-state index in [0.29, 0.717) is 88.2 Å². The number of likely N-dealkylation sites (tertiary alicyclic amines) is 2. The summed E-state index contributed by atoms with van der Waals surface area (Å²) < 4.78 is 39.7. The van der Waals surface area contributed by atoms with Gasteiger partial charge in [-0.05, 0) is 317 Å². The fourth-order valence-corrected chi connectivity index (χ4v) is 23.8. The fourth-order valence-electron chi connectivity index (χ4n) is 23.8. The maximum atomic E-state index is 16.1. The number of aromatic hydroxyl groups is 3. The van der Waals surface area contributed by atoms with E-state index in [9.17, 15) is 24.9 Å². The number of rotatable bonds is 24. The van der Waals surface area contributed by atoms with Crippen LogP contribution in [0.3, 0.4) is 0 Å². The molecule has 736 valence electrons. The Balaban J connectivity index is 0.000000389. The van der Waals surface area contributed by atoms with E-state index in [1.165, 1.54) is 0 Å². The third-order valence-electron chi connectivity index (χ3n) is 29.4. The molecule has 130 heavy (non-hydrogen) atoms. The van der Waals surface area contributed by atoms with E-state index in [0.717, 1.165) is 38.9 Å². The number of aryl methyl sites for hydroxylation is 4. The first-order valence-electron chi connectivity index (χ1n) is 48.9. The molecule has 0 aromatic heterocycles. The number of benzene rings is 3. The molecular formula is C109H180N6O15. The van der Waals surface area contributed by atoms with Crippen molar-refractivity contribution in [2.75, 3.05) is 14.1 Å². The van der Waals surface area contributed by atoms with Gasteiger partial charge >= 0.3 is 35.8 Å². The minimum absolute atomic E-state index is 0.0171. The van der Waals surface area contributed by atoms with E-state index < -0.39 is 132 Å². The standard InChI is InChI=1S/C71H116N4O10.C38H64N2O5/c1-44-32-46(34-52(54(44)76)60(3,4)5)26-30-70(56(78)82-48-36-62(9,10)72-63(11,12)37-48,57(79)83-49-38-64(13,14)73-65(15,16)39-49)28-25-29-71(58(80)84-50-40-66(17,18)74-67(19,20)41-50,59(81)85-51-42-68(21,22)75-69(23,24)43-51)31-27-47-33-45(2)55(77)53(35-47)61(6,7)8;1-33(2,3)28-18-24(19-29(30(28)41)34(4,5)6)17-27(31(42)44-25-20-35(7,8)39(15)36(9,10)21-25)32(43)45-26-22-37(11,12)40(16)38(13,14)23-26/h32-35,48-51,72-77H,25-31,36-43H2,1-24H3;18-19,25-27,41H,17,20-23H2,1-16H3. The van der Waals surface area contributed by atoms with E-state index in [1.807, 2.05) is 91.8 Å². The monoisotopic (exact) mass is 1810 g/mol. The van der Waals surface area contributed by atoms with Crippen LogP contribution >= 0.6 is 0 Å². The van der Waals surface area contributed by atoms with Crippen LogP contribution in [0.1, 0.15) is 408 Å². The third-order valence-corrected chi connectivity index (χ3v) is 29.4. The highest BCUT2D eigenvalue weighted by Gasteiger charge is 2.58. The average Bonchev–Trinajstić information content (AvgIpc) is 0.712. The van der Waals surface area contributed by atoms with Gasteiger partial charge in [-0.1, -0.05) is 119 Å². The van der Waals surface area contributed by atoms with E-state index >= 15 is 19.2 Å². The number of carbonyl (C=O) groups excluding carboxylic acids is 6. The average molecular weight is 1810 g/mol. The molecule has 6 heterocycles. The molecule has 21 heteroatoms. The molecule has 0 unspecified atom stereocenters. The number of hydrogen-bond donors (Lipinski definition) is 7. The van der Waals surface area contributed by atoms with Gasteiger partial charge in [0.2, 0.25) is 0 Å². The number of esters is 6. The van der Waals surface area contributed by atoms with Crippen molar-refractivity contribution >= 4 is 35.8 Å². The van der Waals surface area contributed by atoms with Crippen molar-refractivity contribution in [3.05, 3.63) is 86.5 Å². The lowest BCUT2D eigenvalue weighted by Gasteiger charge is -2.53. The smallest absolute Gasteiger partial charge is 0.323 e. The van der Waals surface area contributed by atoms with Gasteiger partial charge in [-0.25, -0.2) is 0 Å². The summed E-state index contributed by atoms with van der Waals surface area (Å²) in [5.41, 5.74) is -2.43. The zero-order chi connectivity index (χ0) is 99.0. The van der Waals surface area contributed by atoms with Gasteiger partial charge in [-0.3, -0.25) is 38.6 Å². The zero-order valence-corrected chi connectivity index (χ0v) is 88.8. The second-order valence-corrected chi connectivity index (χ2v) is 53.0. The maximum Gasteiger partial charge on any atom is 0.323 e. The molecule has 6 aliphatic rings. The van der Waals surface area contributed by atoms with Crippen LogP contribution in [-0.2, 0) is 98.1 Å². The van der Waals surface area contributed by atoms with Crippen molar-refractivity contribution in [1.29, 1.82) is 0 Å². The molecule has 21 nitrogen and oxygen atoms in total. The number of carbonyl (C=O) groups is 6. The molecule has 0 atom stereocenters. The molecule has 0 bridgehead atoms. The number of ether oxygens (including phenoxy) is 6. The SMILES string of the molecule is CN1C(C)(C)CC(OC(=O)C(Cc2cc(C(C)(C)C)c(O)c(C(C)(C)C)c2)C(=O)OC2CC(C)(C)N(C)C(C)(C)C2)CC1(C)C.Cc1cc(CCC(CCCC(CCc2cc(C)c(O)c(C(C)(C)C)c2)(C(=O)OC2CC(C)(C)NC(C)(C)C2)C(=O)OC2CC(C)(C)NC(C)(C)C2)(C(=O)OC2CC(C)(C)NC(C)(C)C2)C(=O)OC2CC(C)(C)NC(C)(C)C2)cc(C(C)(C)C)c1O. The van der Waals surface area contributed by atoms with Crippen LogP contribution in [0.15, 0.2) is 36.4 Å². The normalized spacial score (nSPS) is 22.6. The van der Waals surface area contributed by atoms with Gasteiger partial charge in [0.15, 0.2) is 16.7 Å². The first-order chi connectivity index (χ1) is 58.5. The number of phenolic OH excluding ortho intramolecular Hbond substituents is 3. The van der Waals surface area contributed by atoms with Gasteiger partial charge in [-0.15, -0.1) is 0 Å². The summed E-state index contributed by atoms with van der Waals surface area (Å²) in [6.07, 6.45) is 4.23. The van der Waals surface area contributed by atoms with Crippen molar-refractivity contribution in [2.45, 2.75) is 516 Å². The minimum Gasteiger partial charge on any atom is -0.507 e. The van der Waals surface area contributed by atoms with E-state index in [-0.39, 0.29) is 114 Å². The molecule has 3 aromatic carbocycles. The highest BCUT2D eigenvalue weighted by atomic mass is 16.6. The van der Waals surface area contributed by atoms with Crippen LogP contribution < -0.4 is 21.3 Å². The van der Waals surface area contributed by atoms with Gasteiger partial charge in [0.05, 0.1) is 0 Å². The molecule has 9 rings (SSSR count). The number of piperidine rings is 6. The molecule has 0 amide bonds. The Morgan fingerprint density at radius 3 is 0.754 bits per heavy atom.